The second-order valence-corrected chi connectivity index (χ2v) is 5.44. The molecule has 21 heavy (non-hydrogen) atoms. The largest absolute Gasteiger partial charge is 0.310 e. The minimum Gasteiger partial charge on any atom is -0.310 e. The van der Waals surface area contributed by atoms with Crippen LogP contribution in [0.3, 0.4) is 0 Å². The summed E-state index contributed by atoms with van der Waals surface area (Å²) in [6.45, 7) is 4.99. The highest BCUT2D eigenvalue weighted by atomic mass is 35.5. The van der Waals surface area contributed by atoms with Crippen LogP contribution < -0.4 is 5.32 Å². The van der Waals surface area contributed by atoms with Gasteiger partial charge in [-0.15, -0.1) is 0 Å². The van der Waals surface area contributed by atoms with Gasteiger partial charge in [0.2, 0.25) is 0 Å². The first-order valence-electron chi connectivity index (χ1n) is 7.01. The Labute approximate surface area is 128 Å². The van der Waals surface area contributed by atoms with E-state index in [4.69, 9.17) is 11.6 Å². The van der Waals surface area contributed by atoms with Crippen LogP contribution >= 0.6 is 11.6 Å². The van der Waals surface area contributed by atoms with E-state index in [1.54, 1.807) is 12.1 Å². The van der Waals surface area contributed by atoms with Gasteiger partial charge in [-0.25, -0.2) is 8.78 Å². The van der Waals surface area contributed by atoms with Gasteiger partial charge in [0.25, 0.3) is 0 Å². The van der Waals surface area contributed by atoms with Gasteiger partial charge in [-0.1, -0.05) is 30.7 Å². The first-order chi connectivity index (χ1) is 10.0. The normalized spacial score (nSPS) is 12.4. The number of hydrogen-bond acceptors (Lipinski definition) is 1. The van der Waals surface area contributed by atoms with Crippen molar-refractivity contribution in [3.63, 3.8) is 0 Å². The molecule has 1 N–H and O–H groups in total. The van der Waals surface area contributed by atoms with Crippen LogP contribution in [0.25, 0.3) is 11.1 Å². The molecular weight excluding hydrogens is 292 g/mol. The summed E-state index contributed by atoms with van der Waals surface area (Å²) in [5.74, 6) is -0.799. The van der Waals surface area contributed by atoms with Gasteiger partial charge in [0.1, 0.15) is 11.6 Å². The molecule has 0 aromatic heterocycles. The topological polar surface area (TPSA) is 12.0 Å². The molecule has 0 bridgehead atoms. The van der Waals surface area contributed by atoms with Crippen molar-refractivity contribution in [3.8, 4) is 11.1 Å². The minimum absolute atomic E-state index is 0.0388. The van der Waals surface area contributed by atoms with Gasteiger partial charge >= 0.3 is 0 Å². The van der Waals surface area contributed by atoms with Crippen molar-refractivity contribution in [1.82, 2.24) is 5.32 Å². The lowest BCUT2D eigenvalue weighted by Crippen LogP contribution is -2.20. The summed E-state index contributed by atoms with van der Waals surface area (Å²) in [6, 6.07) is 9.18. The van der Waals surface area contributed by atoms with E-state index < -0.39 is 5.82 Å². The number of nitrogens with one attached hydrogen (secondary N) is 1. The monoisotopic (exact) mass is 309 g/mol. The minimum atomic E-state index is -0.476. The second kappa shape index (κ2) is 7.01. The van der Waals surface area contributed by atoms with Crippen LogP contribution in [0.4, 0.5) is 8.78 Å². The quantitative estimate of drug-likeness (QED) is 0.785. The van der Waals surface area contributed by atoms with E-state index in [1.807, 2.05) is 6.92 Å². The molecule has 1 atom stereocenters. The standard InChI is InChI=1S/C17H18ClF2N/c1-3-8-21-11(2)14-6-5-13(19)10-15(14)12-4-7-17(20)16(18)9-12/h4-7,9-11,21H,3,8H2,1-2H3. The molecule has 0 saturated carbocycles. The number of rotatable bonds is 5. The first-order valence-corrected chi connectivity index (χ1v) is 7.39. The molecule has 0 fully saturated rings. The van der Waals surface area contributed by atoms with Crippen LogP contribution in [0.2, 0.25) is 5.02 Å². The summed E-state index contributed by atoms with van der Waals surface area (Å²) in [6.07, 6.45) is 1.02. The van der Waals surface area contributed by atoms with E-state index in [9.17, 15) is 8.78 Å². The van der Waals surface area contributed by atoms with E-state index in [-0.39, 0.29) is 16.9 Å². The zero-order valence-electron chi connectivity index (χ0n) is 12.1. The average molecular weight is 310 g/mol. The van der Waals surface area contributed by atoms with Crippen LogP contribution in [0.5, 0.6) is 0 Å². The molecule has 0 heterocycles. The smallest absolute Gasteiger partial charge is 0.141 e. The van der Waals surface area contributed by atoms with Gasteiger partial charge in [-0.3, -0.25) is 0 Å². The number of halogens is 3. The molecule has 0 aliphatic rings. The Morgan fingerprint density at radius 2 is 1.90 bits per heavy atom. The molecule has 0 spiro atoms. The van der Waals surface area contributed by atoms with Crippen molar-refractivity contribution < 1.29 is 8.78 Å². The second-order valence-electron chi connectivity index (χ2n) is 5.04. The van der Waals surface area contributed by atoms with Gasteiger partial charge in [0.15, 0.2) is 0 Å². The zero-order chi connectivity index (χ0) is 15.4. The Balaban J connectivity index is 2.45. The molecule has 0 amide bonds. The van der Waals surface area contributed by atoms with E-state index >= 15 is 0 Å². The Morgan fingerprint density at radius 3 is 2.57 bits per heavy atom. The van der Waals surface area contributed by atoms with Crippen molar-refractivity contribution in [2.24, 2.45) is 0 Å². The molecule has 0 aliphatic carbocycles. The van der Waals surface area contributed by atoms with Crippen molar-refractivity contribution in [3.05, 3.63) is 58.6 Å². The van der Waals surface area contributed by atoms with Gasteiger partial charge in [-0.05, 0) is 60.8 Å². The summed E-state index contributed by atoms with van der Waals surface area (Å²) in [7, 11) is 0. The van der Waals surface area contributed by atoms with E-state index in [0.29, 0.717) is 5.56 Å². The fraction of sp³-hybridized carbons (Fsp3) is 0.294. The lowest BCUT2D eigenvalue weighted by Gasteiger charge is -2.18. The van der Waals surface area contributed by atoms with Gasteiger partial charge in [0, 0.05) is 6.04 Å². The molecule has 0 aliphatic heterocycles. The molecule has 1 nitrogen and oxygen atoms in total. The van der Waals surface area contributed by atoms with E-state index in [2.05, 4.69) is 12.2 Å². The lowest BCUT2D eigenvalue weighted by atomic mass is 9.95. The predicted octanol–water partition coefficient (Wildman–Crippen LogP) is 5.35. The highest BCUT2D eigenvalue weighted by molar-refractivity contribution is 6.31. The Bertz CT molecular complexity index is 628. The SMILES string of the molecule is CCCNC(C)c1ccc(F)cc1-c1ccc(F)c(Cl)c1. The molecule has 0 saturated heterocycles. The highest BCUT2D eigenvalue weighted by Crippen LogP contribution is 2.31. The van der Waals surface area contributed by atoms with Crippen LogP contribution in [0.15, 0.2) is 36.4 Å². The molecule has 2 rings (SSSR count). The molecule has 112 valence electrons. The molecule has 2 aromatic rings. The molecule has 1 unspecified atom stereocenters. The van der Waals surface area contributed by atoms with E-state index in [1.165, 1.54) is 24.3 Å². The molecular formula is C17H18ClF2N. The van der Waals surface area contributed by atoms with E-state index in [0.717, 1.165) is 24.1 Å². The average Bonchev–Trinajstić information content (AvgIpc) is 2.47. The van der Waals surface area contributed by atoms with Gasteiger partial charge in [-0.2, -0.15) is 0 Å². The number of hydrogen-bond donors (Lipinski definition) is 1. The zero-order valence-corrected chi connectivity index (χ0v) is 12.8. The van der Waals surface area contributed by atoms with Crippen LogP contribution in [0, 0.1) is 11.6 Å². The maximum Gasteiger partial charge on any atom is 0.141 e. The summed E-state index contributed by atoms with van der Waals surface area (Å²) in [4.78, 5) is 0. The summed E-state index contributed by atoms with van der Waals surface area (Å²) >= 11 is 5.83. The van der Waals surface area contributed by atoms with Crippen LogP contribution in [0.1, 0.15) is 31.9 Å². The lowest BCUT2D eigenvalue weighted by molar-refractivity contribution is 0.569. The maximum atomic E-state index is 13.6. The third kappa shape index (κ3) is 3.80. The fourth-order valence-corrected chi connectivity index (χ4v) is 2.47. The maximum absolute atomic E-state index is 13.6. The van der Waals surface area contributed by atoms with Crippen molar-refractivity contribution in [2.45, 2.75) is 26.3 Å². The molecule has 0 radical (unpaired) electrons. The Hall–Kier alpha value is -1.45. The van der Waals surface area contributed by atoms with Crippen LogP contribution in [-0.2, 0) is 0 Å². The van der Waals surface area contributed by atoms with Gasteiger partial charge < -0.3 is 5.32 Å². The first kappa shape index (κ1) is 15.9. The third-order valence-electron chi connectivity index (χ3n) is 3.41. The van der Waals surface area contributed by atoms with Crippen molar-refractivity contribution in [1.29, 1.82) is 0 Å². The van der Waals surface area contributed by atoms with Crippen LogP contribution in [-0.4, -0.2) is 6.54 Å². The summed E-state index contributed by atoms with van der Waals surface area (Å²) in [5, 5.41) is 3.41. The Morgan fingerprint density at radius 1 is 1.14 bits per heavy atom. The fourth-order valence-electron chi connectivity index (χ4n) is 2.29. The third-order valence-corrected chi connectivity index (χ3v) is 3.70. The summed E-state index contributed by atoms with van der Waals surface area (Å²) in [5.41, 5.74) is 2.40. The molecule has 2 aromatic carbocycles. The van der Waals surface area contributed by atoms with Crippen molar-refractivity contribution in [2.75, 3.05) is 6.54 Å². The Kier molecular flexibility index (Phi) is 5.32. The van der Waals surface area contributed by atoms with Gasteiger partial charge in [0.05, 0.1) is 5.02 Å². The summed E-state index contributed by atoms with van der Waals surface area (Å²) < 4.78 is 26.9. The predicted molar refractivity (Wildman–Crippen MR) is 83.5 cm³/mol. The highest BCUT2D eigenvalue weighted by Gasteiger charge is 2.13. The van der Waals surface area contributed by atoms with Crippen molar-refractivity contribution >= 4 is 11.6 Å². The molecule has 4 heteroatoms. The number of benzene rings is 2.